The second-order valence-electron chi connectivity index (χ2n) is 6.96. The smallest absolute Gasteiger partial charge is 0.309 e. The van der Waals surface area contributed by atoms with Crippen molar-refractivity contribution in [3.63, 3.8) is 0 Å². The maximum atomic E-state index is 12.0. The van der Waals surface area contributed by atoms with Crippen molar-refractivity contribution in [2.75, 3.05) is 37.6 Å². The molecule has 0 aliphatic carbocycles. The molecule has 1 atom stereocenters. The molecule has 1 aliphatic heterocycles. The number of piperazine rings is 1. The number of carbonyl (C=O) groups is 2. The summed E-state index contributed by atoms with van der Waals surface area (Å²) in [6.07, 6.45) is 3.31. The van der Waals surface area contributed by atoms with E-state index in [4.69, 9.17) is 0 Å². The van der Waals surface area contributed by atoms with E-state index >= 15 is 0 Å². The first-order chi connectivity index (χ1) is 13.6. The van der Waals surface area contributed by atoms with Crippen molar-refractivity contribution in [2.24, 2.45) is 0 Å². The summed E-state index contributed by atoms with van der Waals surface area (Å²) < 4.78 is 0. The second-order valence-corrected chi connectivity index (χ2v) is 6.96. The molecule has 7 nitrogen and oxygen atoms in total. The highest BCUT2D eigenvalue weighted by Crippen LogP contribution is 2.16. The lowest BCUT2D eigenvalue weighted by Gasteiger charge is -2.39. The lowest BCUT2D eigenvalue weighted by Crippen LogP contribution is -2.53. The SMILES string of the molecule is C[C@@H](CNC(=O)C(=O)NCc1ccncc1)N1CCN(c2ccccc2)CC1. The van der Waals surface area contributed by atoms with Crippen LogP contribution in [0.1, 0.15) is 12.5 Å². The number of amides is 2. The fourth-order valence-electron chi connectivity index (χ4n) is 3.27. The number of carbonyl (C=O) groups excluding carboxylic acids is 2. The lowest BCUT2D eigenvalue weighted by molar-refractivity contribution is -0.139. The molecule has 3 rings (SSSR count). The van der Waals surface area contributed by atoms with E-state index < -0.39 is 11.8 Å². The van der Waals surface area contributed by atoms with Crippen molar-refractivity contribution in [3.05, 3.63) is 60.4 Å². The van der Waals surface area contributed by atoms with Gasteiger partial charge in [-0.3, -0.25) is 19.5 Å². The quantitative estimate of drug-likeness (QED) is 0.731. The minimum Gasteiger partial charge on any atom is -0.369 e. The van der Waals surface area contributed by atoms with Gasteiger partial charge in [0, 0.05) is 63.4 Å². The molecule has 0 unspecified atom stereocenters. The minimum absolute atomic E-state index is 0.176. The van der Waals surface area contributed by atoms with Crippen molar-refractivity contribution in [1.82, 2.24) is 20.5 Å². The van der Waals surface area contributed by atoms with Crippen LogP contribution < -0.4 is 15.5 Å². The topological polar surface area (TPSA) is 77.6 Å². The summed E-state index contributed by atoms with van der Waals surface area (Å²) in [6, 6.07) is 14.2. The number of nitrogens with zero attached hydrogens (tertiary/aromatic N) is 3. The zero-order chi connectivity index (χ0) is 19.8. The molecule has 28 heavy (non-hydrogen) atoms. The van der Waals surface area contributed by atoms with E-state index in [1.165, 1.54) is 5.69 Å². The molecule has 0 radical (unpaired) electrons. The van der Waals surface area contributed by atoms with Crippen LogP contribution >= 0.6 is 0 Å². The molecule has 2 aromatic rings. The fraction of sp³-hybridized carbons (Fsp3) is 0.381. The van der Waals surface area contributed by atoms with Gasteiger partial charge in [0.1, 0.15) is 0 Å². The molecular weight excluding hydrogens is 354 g/mol. The molecule has 2 N–H and O–H groups in total. The number of hydrogen-bond donors (Lipinski definition) is 2. The van der Waals surface area contributed by atoms with Crippen LogP contribution in [0, 0.1) is 0 Å². The Hall–Kier alpha value is -2.93. The van der Waals surface area contributed by atoms with E-state index in [9.17, 15) is 9.59 Å². The van der Waals surface area contributed by atoms with Crippen molar-refractivity contribution < 1.29 is 9.59 Å². The molecule has 1 fully saturated rings. The number of aromatic nitrogens is 1. The third kappa shape index (κ3) is 5.53. The van der Waals surface area contributed by atoms with E-state index in [2.05, 4.69) is 56.6 Å². The van der Waals surface area contributed by atoms with Gasteiger partial charge in [-0.15, -0.1) is 0 Å². The monoisotopic (exact) mass is 381 g/mol. The highest BCUT2D eigenvalue weighted by Gasteiger charge is 2.22. The van der Waals surface area contributed by atoms with Crippen LogP contribution in [-0.2, 0) is 16.1 Å². The number of benzene rings is 1. The predicted molar refractivity (Wildman–Crippen MR) is 109 cm³/mol. The summed E-state index contributed by atoms with van der Waals surface area (Å²) in [7, 11) is 0. The molecule has 148 valence electrons. The Bertz CT molecular complexity index is 761. The zero-order valence-corrected chi connectivity index (χ0v) is 16.2. The Morgan fingerprint density at radius 2 is 1.61 bits per heavy atom. The van der Waals surface area contributed by atoms with Crippen molar-refractivity contribution in [2.45, 2.75) is 19.5 Å². The Kier molecular flexibility index (Phi) is 6.97. The number of hydrogen-bond acceptors (Lipinski definition) is 5. The molecule has 1 aliphatic rings. The van der Waals surface area contributed by atoms with Gasteiger partial charge in [0.2, 0.25) is 0 Å². The minimum atomic E-state index is -0.613. The van der Waals surface area contributed by atoms with E-state index in [0.29, 0.717) is 13.1 Å². The fourth-order valence-corrected chi connectivity index (χ4v) is 3.27. The molecule has 7 heteroatoms. The Balaban J connectivity index is 1.37. The molecule has 1 aromatic carbocycles. The van der Waals surface area contributed by atoms with Gasteiger partial charge in [-0.1, -0.05) is 18.2 Å². The highest BCUT2D eigenvalue weighted by molar-refractivity contribution is 6.35. The van der Waals surface area contributed by atoms with Gasteiger partial charge >= 0.3 is 11.8 Å². The van der Waals surface area contributed by atoms with Crippen molar-refractivity contribution in [1.29, 1.82) is 0 Å². The van der Waals surface area contributed by atoms with E-state index in [1.54, 1.807) is 24.5 Å². The van der Waals surface area contributed by atoms with Crippen LogP contribution in [-0.4, -0.2) is 60.5 Å². The molecule has 0 spiro atoms. The summed E-state index contributed by atoms with van der Waals surface area (Å²) >= 11 is 0. The van der Waals surface area contributed by atoms with Crippen LogP contribution in [0.3, 0.4) is 0 Å². The summed E-state index contributed by atoms with van der Waals surface area (Å²) in [5, 5.41) is 5.37. The van der Waals surface area contributed by atoms with Gasteiger partial charge in [-0.2, -0.15) is 0 Å². The van der Waals surface area contributed by atoms with Gasteiger partial charge in [0.25, 0.3) is 0 Å². The van der Waals surface area contributed by atoms with Gasteiger partial charge in [0.15, 0.2) is 0 Å². The molecule has 2 amide bonds. The Labute approximate surface area is 165 Å². The molecule has 1 aromatic heterocycles. The maximum absolute atomic E-state index is 12.0. The van der Waals surface area contributed by atoms with Crippen LogP contribution in [0.5, 0.6) is 0 Å². The van der Waals surface area contributed by atoms with E-state index in [-0.39, 0.29) is 6.04 Å². The highest BCUT2D eigenvalue weighted by atomic mass is 16.2. The standard InChI is InChI=1S/C21H27N5O2/c1-17(25-11-13-26(14-12-25)19-5-3-2-4-6-19)15-23-20(27)21(28)24-16-18-7-9-22-10-8-18/h2-10,17H,11-16H2,1H3,(H,23,27)(H,24,28)/t17-/m0/s1. The van der Waals surface area contributed by atoms with Crippen LogP contribution in [0.25, 0.3) is 0 Å². The molecule has 2 heterocycles. The summed E-state index contributed by atoms with van der Waals surface area (Å²) in [5.41, 5.74) is 2.15. The average Bonchev–Trinajstić information content (AvgIpc) is 2.77. The largest absolute Gasteiger partial charge is 0.369 e. The third-order valence-corrected chi connectivity index (χ3v) is 5.03. The lowest BCUT2D eigenvalue weighted by atomic mass is 10.2. The normalized spacial score (nSPS) is 15.7. The maximum Gasteiger partial charge on any atom is 0.309 e. The van der Waals surface area contributed by atoms with Crippen LogP contribution in [0.2, 0.25) is 0 Å². The second kappa shape index (κ2) is 9.85. The van der Waals surface area contributed by atoms with E-state index in [1.807, 2.05) is 6.07 Å². The van der Waals surface area contributed by atoms with Crippen LogP contribution in [0.4, 0.5) is 5.69 Å². The average molecular weight is 381 g/mol. The number of rotatable bonds is 6. The number of anilines is 1. The van der Waals surface area contributed by atoms with Gasteiger partial charge < -0.3 is 15.5 Å². The van der Waals surface area contributed by atoms with Gasteiger partial charge in [0.05, 0.1) is 0 Å². The number of pyridine rings is 1. The molecular formula is C21H27N5O2. The molecule has 0 saturated carbocycles. The first-order valence-electron chi connectivity index (χ1n) is 9.62. The van der Waals surface area contributed by atoms with Crippen molar-refractivity contribution >= 4 is 17.5 Å². The zero-order valence-electron chi connectivity index (χ0n) is 16.2. The number of para-hydroxylation sites is 1. The summed E-state index contributed by atoms with van der Waals surface area (Å²) in [5.74, 6) is -1.21. The first kappa shape index (κ1) is 19.8. The van der Waals surface area contributed by atoms with Gasteiger partial charge in [-0.05, 0) is 36.8 Å². The van der Waals surface area contributed by atoms with E-state index in [0.717, 1.165) is 31.7 Å². The summed E-state index contributed by atoms with van der Waals surface area (Å²) in [4.78, 5) is 32.6. The predicted octanol–water partition coefficient (Wildman–Crippen LogP) is 1.02. The number of nitrogens with one attached hydrogen (secondary N) is 2. The Morgan fingerprint density at radius 3 is 2.29 bits per heavy atom. The third-order valence-electron chi connectivity index (χ3n) is 5.03. The molecule has 1 saturated heterocycles. The summed E-state index contributed by atoms with van der Waals surface area (Å²) in [6.45, 7) is 6.61. The van der Waals surface area contributed by atoms with Gasteiger partial charge in [-0.25, -0.2) is 0 Å². The Morgan fingerprint density at radius 1 is 0.964 bits per heavy atom. The first-order valence-corrected chi connectivity index (χ1v) is 9.62. The van der Waals surface area contributed by atoms with Crippen molar-refractivity contribution in [3.8, 4) is 0 Å². The van der Waals surface area contributed by atoms with Crippen LogP contribution in [0.15, 0.2) is 54.9 Å². The molecule has 0 bridgehead atoms.